The number of nitrogens with one attached hydrogen (secondary N) is 9. The van der Waals surface area contributed by atoms with E-state index in [1.54, 1.807) is 66.2 Å². The fourth-order valence-electron chi connectivity index (χ4n) is 17.8. The van der Waals surface area contributed by atoms with Gasteiger partial charge in [-0.2, -0.15) is 0 Å². The van der Waals surface area contributed by atoms with E-state index in [0.29, 0.717) is 117 Å². The number of ether oxygens (including phenoxy) is 8. The highest BCUT2D eigenvalue weighted by Crippen LogP contribution is 2.36. The van der Waals surface area contributed by atoms with Gasteiger partial charge in [-0.05, 0) is 183 Å². The molecule has 0 aliphatic carbocycles. The fourth-order valence-corrected chi connectivity index (χ4v) is 17.8. The number of alkyl carbamates (subject to hydrolysis) is 1. The zero-order valence-electron chi connectivity index (χ0n) is 83.2. The Morgan fingerprint density at radius 1 is 0.456 bits per heavy atom. The number of fused-ring (bicyclic) bond motifs is 5. The number of imide groups is 4. The lowest BCUT2D eigenvalue weighted by Crippen LogP contribution is -2.54. The molecule has 0 radical (unpaired) electrons. The van der Waals surface area contributed by atoms with Crippen LogP contribution in [0.2, 0.25) is 0 Å². The van der Waals surface area contributed by atoms with E-state index in [-0.39, 0.29) is 72.6 Å². The number of ketones is 1. The first kappa shape index (κ1) is 108. The number of esters is 1. The molecule has 35 nitrogen and oxygen atoms in total. The van der Waals surface area contributed by atoms with Gasteiger partial charge in [-0.3, -0.25) is 88.3 Å². The number of hydrogen-bond donors (Lipinski definition) is 10. The number of hydrogen-bond acceptors (Lipinski definition) is 26. The maximum Gasteiger partial charge on any atom is 0.407 e. The van der Waals surface area contributed by atoms with E-state index in [1.165, 1.54) is 57.7 Å². The molecule has 3 atom stereocenters. The lowest BCUT2D eigenvalue weighted by Gasteiger charge is -2.27. The predicted octanol–water partition coefficient (Wildman–Crippen LogP) is 13.1. The Balaban J connectivity index is 0.000000178. The maximum atomic E-state index is 13.4. The van der Waals surface area contributed by atoms with Gasteiger partial charge in [-0.25, -0.2) is 15.1 Å². The highest BCUT2D eigenvalue weighted by molar-refractivity contribution is 6.27. The molecule has 8 aromatic carbocycles. The zero-order chi connectivity index (χ0) is 103. The molecule has 3 aromatic heterocycles. The molecule has 147 heavy (non-hydrogen) atoms. The lowest BCUT2D eigenvalue weighted by atomic mass is 10.0. The molecular weight excluding hydrogens is 1880 g/mol. The van der Waals surface area contributed by atoms with Crippen molar-refractivity contribution < 1.29 is 101 Å². The number of hydroxylamine groups is 1. The fraction of sp³-hybridized carbons (Fsp3) is 0.357. The molecule has 5 aliphatic rings. The number of aromatic nitrogens is 3. The SMILES string of the molecule is COC(=O)/C=C/c1ccc(CN(CCOCCNC(=O)OC(C)(C)C)CCc2c[nH]c3ccccc23)cc1.O=C(/C=C/c1ccc(CN(CCOCCNc2cccc3c2C(=O)N(C2CCC(=O)NC2=O)C3=O)CCc2c[nH]c3ccccc23)cc1)COC1CCCCO1.O=C(/C=C/c1ccc(CN(CCOCCOCCNc2cccc3c2C(=O)N(C2CCC(=O)NC2=O)C3=O)CCc2c[nH]c3ccccc23)cc1)NO. The second kappa shape index (κ2) is 54.4. The molecule has 16 rings (SSSR count). The van der Waals surface area contributed by atoms with Crippen molar-refractivity contribution in [3.05, 3.63) is 291 Å². The van der Waals surface area contributed by atoms with Gasteiger partial charge in [0.05, 0.1) is 82.2 Å². The number of aromatic amines is 3. The molecule has 0 spiro atoms. The van der Waals surface area contributed by atoms with Gasteiger partial charge in [0.15, 0.2) is 12.1 Å². The van der Waals surface area contributed by atoms with E-state index >= 15 is 0 Å². The first-order chi connectivity index (χ1) is 71.4. The Hall–Kier alpha value is -14.8. The minimum Gasteiger partial charge on any atom is -0.466 e. The Labute approximate surface area is 852 Å². The van der Waals surface area contributed by atoms with Crippen LogP contribution in [0.3, 0.4) is 0 Å². The molecule has 0 bridgehead atoms. The summed E-state index contributed by atoms with van der Waals surface area (Å²) in [5.41, 5.74) is 16.2. The number of H-pyrrole nitrogens is 3. The average molecular weight is 2010 g/mol. The van der Waals surface area contributed by atoms with Crippen LogP contribution < -0.4 is 32.1 Å². The number of rotatable bonds is 49. The summed E-state index contributed by atoms with van der Waals surface area (Å²) in [6, 6.07) is 56.9. The molecule has 772 valence electrons. The summed E-state index contributed by atoms with van der Waals surface area (Å²) in [6.45, 7) is 17.5. The minimum atomic E-state index is -1.02. The summed E-state index contributed by atoms with van der Waals surface area (Å²) < 4.78 is 44.6. The van der Waals surface area contributed by atoms with E-state index in [2.05, 4.69) is 146 Å². The second-order valence-electron chi connectivity index (χ2n) is 37.0. The third kappa shape index (κ3) is 31.6. The maximum absolute atomic E-state index is 13.4. The summed E-state index contributed by atoms with van der Waals surface area (Å²) in [5, 5.41) is 25.9. The summed E-state index contributed by atoms with van der Waals surface area (Å²) in [7, 11) is 1.36. The van der Waals surface area contributed by atoms with E-state index in [4.69, 9.17) is 38.4 Å². The molecule has 3 saturated heterocycles. The van der Waals surface area contributed by atoms with Crippen LogP contribution in [0.5, 0.6) is 0 Å². The summed E-state index contributed by atoms with van der Waals surface area (Å²) >= 11 is 0. The number of benzene rings is 8. The predicted molar refractivity (Wildman–Crippen MR) is 555 cm³/mol. The third-order valence-corrected chi connectivity index (χ3v) is 25.4. The number of anilines is 2. The minimum absolute atomic E-state index is 0.00288. The number of piperidine rings is 2. The van der Waals surface area contributed by atoms with Crippen molar-refractivity contribution in [1.82, 2.24) is 60.9 Å². The number of para-hydroxylation sites is 3. The van der Waals surface area contributed by atoms with Crippen LogP contribution in [-0.4, -0.2) is 272 Å². The largest absolute Gasteiger partial charge is 0.466 e. The van der Waals surface area contributed by atoms with Crippen molar-refractivity contribution in [2.45, 2.75) is 129 Å². The molecule has 10 N–H and O–H groups in total. The van der Waals surface area contributed by atoms with Crippen molar-refractivity contribution in [3.8, 4) is 0 Å². The zero-order valence-corrected chi connectivity index (χ0v) is 83.2. The van der Waals surface area contributed by atoms with Crippen LogP contribution in [0, 0.1) is 0 Å². The quantitative estimate of drug-likeness (QED) is 0.00423. The summed E-state index contributed by atoms with van der Waals surface area (Å²) in [6.07, 6.45) is 20.7. The van der Waals surface area contributed by atoms with E-state index < -0.39 is 76.9 Å². The molecule has 10 amide bonds. The number of carbonyl (C=O) groups excluding carboxylic acids is 12. The van der Waals surface area contributed by atoms with Gasteiger partial charge in [-0.15, -0.1) is 0 Å². The Morgan fingerprint density at radius 3 is 1.27 bits per heavy atom. The molecule has 3 fully saturated rings. The molecule has 5 aliphatic heterocycles. The Kier molecular flexibility index (Phi) is 40.0. The van der Waals surface area contributed by atoms with Crippen LogP contribution >= 0.6 is 0 Å². The van der Waals surface area contributed by atoms with Crippen molar-refractivity contribution >= 4 is 133 Å². The van der Waals surface area contributed by atoms with Crippen molar-refractivity contribution in [3.63, 3.8) is 0 Å². The molecule has 11 aromatic rings. The van der Waals surface area contributed by atoms with Gasteiger partial charge >= 0.3 is 12.1 Å². The highest BCUT2D eigenvalue weighted by Gasteiger charge is 2.47. The van der Waals surface area contributed by atoms with Gasteiger partial charge < -0.3 is 68.8 Å². The van der Waals surface area contributed by atoms with Gasteiger partial charge in [0.2, 0.25) is 23.6 Å². The Morgan fingerprint density at radius 2 is 0.864 bits per heavy atom. The third-order valence-electron chi connectivity index (χ3n) is 25.4. The summed E-state index contributed by atoms with van der Waals surface area (Å²) in [4.78, 5) is 167. The smallest absolute Gasteiger partial charge is 0.407 e. The van der Waals surface area contributed by atoms with Gasteiger partial charge in [0, 0.05) is 173 Å². The second-order valence-corrected chi connectivity index (χ2v) is 37.0. The van der Waals surface area contributed by atoms with E-state index in [9.17, 15) is 57.5 Å². The van der Waals surface area contributed by atoms with Crippen LogP contribution in [0.15, 0.2) is 219 Å². The number of amides is 10. The van der Waals surface area contributed by atoms with Gasteiger partial charge in [0.1, 0.15) is 24.3 Å². The van der Waals surface area contributed by atoms with Crippen LogP contribution in [0.25, 0.3) is 50.9 Å². The van der Waals surface area contributed by atoms with Crippen molar-refractivity contribution in [1.29, 1.82) is 0 Å². The topological polar surface area (TPSA) is 435 Å². The van der Waals surface area contributed by atoms with Gasteiger partial charge in [-0.1, -0.05) is 146 Å². The lowest BCUT2D eigenvalue weighted by molar-refractivity contribution is -0.167. The van der Waals surface area contributed by atoms with E-state index in [1.807, 2.05) is 99.6 Å². The van der Waals surface area contributed by atoms with Crippen LogP contribution in [0.4, 0.5) is 16.2 Å². The van der Waals surface area contributed by atoms with Crippen molar-refractivity contribution in [2.24, 2.45) is 0 Å². The Bertz CT molecular complexity index is 6480. The van der Waals surface area contributed by atoms with Crippen molar-refractivity contribution in [2.75, 3.05) is 143 Å². The van der Waals surface area contributed by atoms with Crippen LogP contribution in [-0.2, 0) is 110 Å². The first-order valence-corrected chi connectivity index (χ1v) is 49.8. The van der Waals surface area contributed by atoms with E-state index in [0.717, 1.165) is 125 Å². The molecule has 3 unspecified atom stereocenters. The molecular formula is C112H128N14O21. The monoisotopic (exact) mass is 2000 g/mol. The highest BCUT2D eigenvalue weighted by atomic mass is 16.7. The molecule has 8 heterocycles. The average Bonchev–Trinajstić information content (AvgIpc) is 1.61. The molecule has 35 heteroatoms. The number of nitrogens with zero attached hydrogens (tertiary/aromatic N) is 5. The normalized spacial score (nSPS) is 15.9. The summed E-state index contributed by atoms with van der Waals surface area (Å²) in [5.74, 6) is -5.40. The number of carbonyl (C=O) groups is 12. The standard InChI is InChI=1S/C43H47N5O8.C39H42N6O8.C30H39N3O5/c49-32(28-56-39-10-3-4-23-55-39)16-15-29-11-13-30(14-12-29)27-47(21-19-31-26-45-35-8-2-1-6-33(31)35)22-25-54-24-20-44-36-9-5-7-34-40(36)43(53)48(42(34)52)37-17-18-38(50)46-41(37)51;46-34-15-13-33(37(48)42-34)45-38(49)30-5-3-7-32(36(30)39(45)50)40-17-20-52-22-23-53-21-19-44(18-16-28-24-41-31-6-2-1-4-29(28)31)25-27-10-8-26(9-11-27)12-14-35(47)43-51;1-30(2,3)38-29(35)31-16-19-37-20-18-33(17-15-25-21-32-27-8-6-5-7-26(25)27)22-24-11-9-23(10-12-24)13-14-28(34)36-4/h1-2,5-9,11-16,26,37,39,44-45H,3-4,10,17-25,27-28H2,(H,46,50,51);1-12,14,24,33,40-41,51H,13,15-23,25H2,(H,43,47)(H,42,46,48);5-14,21,32H,15-20,22H2,1-4H3,(H,31,35)/b16-15+;14-12+;14-13+. The number of methoxy groups -OCH3 is 1. The first-order valence-electron chi connectivity index (χ1n) is 49.8. The van der Waals surface area contributed by atoms with Crippen LogP contribution in [0.1, 0.15) is 157 Å². The molecule has 0 saturated carbocycles. The van der Waals surface area contributed by atoms with Gasteiger partial charge in [0.25, 0.3) is 29.5 Å².